The molecule has 6 atom stereocenters. The Morgan fingerprint density at radius 3 is 1.84 bits per heavy atom. The molecule has 3 rings (SSSR count). The molecule has 3 heterocycles. The van der Waals surface area contributed by atoms with Crippen LogP contribution in [0, 0.1) is 11.8 Å². The van der Waals surface area contributed by atoms with Crippen LogP contribution < -0.4 is 10.6 Å². The van der Waals surface area contributed by atoms with Crippen LogP contribution in [-0.2, 0) is 29.6 Å². The third-order valence-corrected chi connectivity index (χ3v) is 4.71. The highest BCUT2D eigenvalue weighted by molar-refractivity contribution is 7.47. The molecule has 0 radical (unpaired) electrons. The van der Waals surface area contributed by atoms with Gasteiger partial charge in [0.1, 0.15) is 12.5 Å². The van der Waals surface area contributed by atoms with Crippen molar-refractivity contribution in [3.8, 4) is 0 Å². The summed E-state index contributed by atoms with van der Waals surface area (Å²) >= 11 is 9.53. The van der Waals surface area contributed by atoms with Crippen LogP contribution in [0.1, 0.15) is 12.8 Å². The van der Waals surface area contributed by atoms with Crippen molar-refractivity contribution in [3.05, 3.63) is 0 Å². The third kappa shape index (κ3) is 2.33. The van der Waals surface area contributed by atoms with E-state index in [1.807, 2.05) is 0 Å². The summed E-state index contributed by atoms with van der Waals surface area (Å²) < 4.78 is 13.3. The first-order valence-corrected chi connectivity index (χ1v) is 7.05. The fourth-order valence-electron chi connectivity index (χ4n) is 3.63. The molecule has 0 aromatic rings. The van der Waals surface area contributed by atoms with Crippen LogP contribution in [0.2, 0.25) is 0 Å². The number of nitrogens with one attached hydrogen (secondary N) is 2. The predicted octanol–water partition coefficient (Wildman–Crippen LogP) is -1.28. The minimum absolute atomic E-state index is 0.133. The average molecular weight is 304 g/mol. The van der Waals surface area contributed by atoms with E-state index in [1.165, 1.54) is 0 Å². The number of hydrogen-bond donors (Lipinski definition) is 4. The Hall–Kier alpha value is -0.160. The minimum atomic E-state index is -0.628. The molecule has 0 bridgehead atoms. The van der Waals surface area contributed by atoms with E-state index in [4.69, 9.17) is 29.6 Å². The van der Waals surface area contributed by atoms with Crippen molar-refractivity contribution < 1.29 is 14.9 Å². The zero-order valence-corrected chi connectivity index (χ0v) is 11.7. The molecule has 19 heavy (non-hydrogen) atoms. The van der Waals surface area contributed by atoms with Crippen molar-refractivity contribution in [2.75, 3.05) is 0 Å². The second-order valence-electron chi connectivity index (χ2n) is 5.35. The SMILES string of the molecule is OC1CC2CC(O)NC3C(N=S)OC(N=S)C(N1)C23. The van der Waals surface area contributed by atoms with Gasteiger partial charge < -0.3 is 14.9 Å². The lowest BCUT2D eigenvalue weighted by molar-refractivity contribution is -0.172. The molecule has 0 aliphatic carbocycles. The van der Waals surface area contributed by atoms with Gasteiger partial charge in [-0.1, -0.05) is 0 Å². The summed E-state index contributed by atoms with van der Waals surface area (Å²) in [6.45, 7) is 0. The second-order valence-corrected chi connectivity index (χ2v) is 5.77. The molecular formula is C10H16N4O3S2. The molecule has 7 nitrogen and oxygen atoms in total. The molecule has 3 aliphatic rings. The number of piperidine rings is 2. The van der Waals surface area contributed by atoms with Gasteiger partial charge in [-0.3, -0.25) is 10.6 Å². The Bertz CT molecular complexity index is 356. The topological polar surface area (TPSA) is 98.5 Å². The maximum absolute atomic E-state index is 9.89. The molecule has 3 aliphatic heterocycles. The number of aliphatic hydroxyl groups is 2. The molecule has 4 N–H and O–H groups in total. The fraction of sp³-hybridized carbons (Fsp3) is 1.00. The monoisotopic (exact) mass is 304 g/mol. The zero-order chi connectivity index (χ0) is 13.6. The number of nitrogens with zero attached hydrogens (tertiary/aromatic N) is 2. The Morgan fingerprint density at radius 1 is 0.947 bits per heavy atom. The van der Waals surface area contributed by atoms with Gasteiger partial charge >= 0.3 is 0 Å². The molecule has 6 unspecified atom stereocenters. The van der Waals surface area contributed by atoms with Crippen LogP contribution in [0.15, 0.2) is 8.73 Å². The molecule has 106 valence electrons. The van der Waals surface area contributed by atoms with Gasteiger partial charge in [0.25, 0.3) is 0 Å². The van der Waals surface area contributed by atoms with Crippen LogP contribution >= 0.6 is 0 Å². The van der Waals surface area contributed by atoms with Crippen LogP contribution in [0.4, 0.5) is 0 Å². The Labute approximate surface area is 121 Å². The number of ether oxygens (including phenoxy) is 1. The standard InChI is InChI=1S/C10H16N4O3S2/c15-4-1-3-2-5(16)12-8-6(3)7(11-4)9(13-18)17-10(8)14-19/h3-12,15-16H,1-2H2. The van der Waals surface area contributed by atoms with Crippen molar-refractivity contribution >= 4 is 24.9 Å². The van der Waals surface area contributed by atoms with Gasteiger partial charge in [0.2, 0.25) is 0 Å². The molecular weight excluding hydrogens is 288 g/mol. The maximum Gasteiger partial charge on any atom is 0.179 e. The van der Waals surface area contributed by atoms with Crippen LogP contribution in [0.3, 0.4) is 0 Å². The molecule has 0 saturated carbocycles. The van der Waals surface area contributed by atoms with Gasteiger partial charge in [-0.25, -0.2) is 0 Å². The first-order chi connectivity index (χ1) is 9.13. The van der Waals surface area contributed by atoms with Crippen molar-refractivity contribution in [2.45, 2.75) is 49.8 Å². The van der Waals surface area contributed by atoms with Gasteiger partial charge in [0.05, 0.1) is 12.1 Å². The lowest BCUT2D eigenvalue weighted by Crippen LogP contribution is -2.71. The largest absolute Gasteiger partial charge is 0.379 e. The summed E-state index contributed by atoms with van der Waals surface area (Å²) in [5, 5.41) is 25.9. The summed E-state index contributed by atoms with van der Waals surface area (Å²) in [6.07, 6.45) is -1.19. The van der Waals surface area contributed by atoms with Crippen LogP contribution in [0.25, 0.3) is 0 Å². The Morgan fingerprint density at radius 2 is 1.42 bits per heavy atom. The Kier molecular flexibility index (Phi) is 3.87. The quantitative estimate of drug-likeness (QED) is 0.504. The highest BCUT2D eigenvalue weighted by Crippen LogP contribution is 2.42. The molecule has 3 saturated heterocycles. The second kappa shape index (κ2) is 5.32. The highest BCUT2D eigenvalue weighted by atomic mass is 32.1. The summed E-state index contributed by atoms with van der Waals surface area (Å²) in [7, 11) is 0. The summed E-state index contributed by atoms with van der Waals surface area (Å²) in [5.74, 6) is 0.304. The third-order valence-electron chi connectivity index (χ3n) is 4.30. The summed E-state index contributed by atoms with van der Waals surface area (Å²) in [4.78, 5) is 0. The van der Waals surface area contributed by atoms with Crippen LogP contribution in [-0.4, -0.2) is 47.2 Å². The number of aliphatic hydroxyl groups excluding tert-OH is 2. The van der Waals surface area contributed by atoms with E-state index in [-0.39, 0.29) is 23.9 Å². The highest BCUT2D eigenvalue weighted by Gasteiger charge is 2.54. The van der Waals surface area contributed by atoms with E-state index < -0.39 is 24.9 Å². The van der Waals surface area contributed by atoms with E-state index in [9.17, 15) is 10.2 Å². The van der Waals surface area contributed by atoms with Gasteiger partial charge in [-0.05, 0) is 18.8 Å². The fourth-order valence-corrected chi connectivity index (χ4v) is 4.00. The van der Waals surface area contributed by atoms with Crippen molar-refractivity contribution in [3.63, 3.8) is 0 Å². The van der Waals surface area contributed by atoms with Gasteiger partial charge in [0.15, 0.2) is 12.5 Å². The van der Waals surface area contributed by atoms with Gasteiger partial charge in [-0.2, -0.15) is 8.73 Å². The smallest absolute Gasteiger partial charge is 0.179 e. The maximum atomic E-state index is 9.89. The molecule has 0 spiro atoms. The molecule has 3 fully saturated rings. The minimum Gasteiger partial charge on any atom is -0.379 e. The van der Waals surface area contributed by atoms with Gasteiger partial charge in [0, 0.05) is 30.8 Å². The van der Waals surface area contributed by atoms with Crippen molar-refractivity contribution in [1.82, 2.24) is 10.6 Å². The lowest BCUT2D eigenvalue weighted by atomic mass is 9.69. The van der Waals surface area contributed by atoms with E-state index in [1.54, 1.807) is 0 Å². The molecule has 0 aromatic heterocycles. The van der Waals surface area contributed by atoms with E-state index in [0.717, 1.165) is 0 Å². The van der Waals surface area contributed by atoms with Crippen molar-refractivity contribution in [1.29, 1.82) is 0 Å². The lowest BCUT2D eigenvalue weighted by Gasteiger charge is -2.54. The molecule has 0 aromatic carbocycles. The first kappa shape index (κ1) is 13.8. The van der Waals surface area contributed by atoms with Crippen molar-refractivity contribution in [2.24, 2.45) is 20.6 Å². The molecule has 0 amide bonds. The molecule has 9 heteroatoms. The average Bonchev–Trinajstić information content (AvgIpc) is 2.38. The summed E-state index contributed by atoms with van der Waals surface area (Å²) in [6, 6.07) is -0.353. The number of hydrogen-bond acceptors (Lipinski definition) is 9. The zero-order valence-electron chi connectivity index (χ0n) is 10.0. The van der Waals surface area contributed by atoms with Crippen LogP contribution in [0.5, 0.6) is 0 Å². The summed E-state index contributed by atoms with van der Waals surface area (Å²) in [5.41, 5.74) is 0. The Balaban J connectivity index is 1.93. The normalized spacial score (nSPS) is 53.2. The van der Waals surface area contributed by atoms with E-state index in [0.29, 0.717) is 12.8 Å². The van der Waals surface area contributed by atoms with Gasteiger partial charge in [-0.15, -0.1) is 0 Å². The van der Waals surface area contributed by atoms with E-state index >= 15 is 0 Å². The number of rotatable bonds is 2. The predicted molar refractivity (Wildman–Crippen MR) is 70.3 cm³/mol. The van der Waals surface area contributed by atoms with E-state index in [2.05, 4.69) is 19.4 Å². The first-order valence-electron chi connectivity index (χ1n) is 6.32.